The minimum absolute atomic E-state index is 0.0168. The van der Waals surface area contributed by atoms with Gasteiger partial charge in [-0.2, -0.15) is 0 Å². The summed E-state index contributed by atoms with van der Waals surface area (Å²) in [6, 6.07) is -0.665. The Morgan fingerprint density at radius 2 is 2.11 bits per heavy atom. The second-order valence-corrected chi connectivity index (χ2v) is 4.73. The summed E-state index contributed by atoms with van der Waals surface area (Å²) in [5.41, 5.74) is 0. The Labute approximate surface area is 107 Å². The Morgan fingerprint density at radius 3 is 2.72 bits per heavy atom. The third kappa shape index (κ3) is 4.28. The van der Waals surface area contributed by atoms with Crippen molar-refractivity contribution in [2.24, 2.45) is 11.8 Å². The average Bonchev–Trinajstić information content (AvgIpc) is 2.36. The SMILES string of the molecule is C#CC(C)NC(=O)NCC1CCCCC1C(=O)O. The van der Waals surface area contributed by atoms with Gasteiger partial charge in [0, 0.05) is 6.54 Å². The highest BCUT2D eigenvalue weighted by atomic mass is 16.4. The van der Waals surface area contributed by atoms with Crippen molar-refractivity contribution < 1.29 is 14.7 Å². The van der Waals surface area contributed by atoms with E-state index in [1.165, 1.54) is 0 Å². The molecule has 0 radical (unpaired) electrons. The predicted octanol–water partition coefficient (Wildman–Crippen LogP) is 1.20. The number of aliphatic carboxylic acids is 1. The molecule has 2 amide bonds. The maximum absolute atomic E-state index is 11.5. The van der Waals surface area contributed by atoms with Crippen molar-refractivity contribution in [2.75, 3.05) is 6.54 Å². The van der Waals surface area contributed by atoms with Gasteiger partial charge < -0.3 is 15.7 Å². The Kier molecular flexibility index (Phi) is 5.50. The molecular weight excluding hydrogens is 232 g/mol. The minimum Gasteiger partial charge on any atom is -0.481 e. The van der Waals surface area contributed by atoms with Crippen LogP contribution < -0.4 is 10.6 Å². The fraction of sp³-hybridized carbons (Fsp3) is 0.692. The van der Waals surface area contributed by atoms with Gasteiger partial charge in [-0.05, 0) is 25.7 Å². The van der Waals surface area contributed by atoms with E-state index in [-0.39, 0.29) is 23.9 Å². The standard InChI is InChI=1S/C13H20N2O3/c1-3-9(2)15-13(18)14-8-10-6-4-5-7-11(10)12(16)17/h1,9-11H,4-8H2,2H3,(H,16,17)(H2,14,15,18). The summed E-state index contributed by atoms with van der Waals surface area (Å²) in [6.45, 7) is 2.10. The van der Waals surface area contributed by atoms with Crippen LogP contribution in [0.4, 0.5) is 4.79 Å². The van der Waals surface area contributed by atoms with Gasteiger partial charge in [-0.25, -0.2) is 4.79 Å². The van der Waals surface area contributed by atoms with Crippen LogP contribution in [0.2, 0.25) is 0 Å². The van der Waals surface area contributed by atoms with Gasteiger partial charge in [0.2, 0.25) is 0 Å². The van der Waals surface area contributed by atoms with Gasteiger partial charge in [-0.1, -0.05) is 18.8 Å². The van der Waals surface area contributed by atoms with E-state index in [0.29, 0.717) is 13.0 Å². The number of nitrogens with one attached hydrogen (secondary N) is 2. The zero-order valence-corrected chi connectivity index (χ0v) is 10.6. The van der Waals surface area contributed by atoms with E-state index < -0.39 is 5.97 Å². The molecule has 18 heavy (non-hydrogen) atoms. The lowest BCUT2D eigenvalue weighted by Crippen LogP contribution is -2.44. The van der Waals surface area contributed by atoms with Gasteiger partial charge in [0.25, 0.3) is 0 Å². The lowest BCUT2D eigenvalue weighted by atomic mass is 9.79. The lowest BCUT2D eigenvalue weighted by molar-refractivity contribution is -0.144. The summed E-state index contributed by atoms with van der Waals surface area (Å²) >= 11 is 0. The molecule has 0 spiro atoms. The zero-order chi connectivity index (χ0) is 13.5. The smallest absolute Gasteiger partial charge is 0.315 e. The van der Waals surface area contributed by atoms with Gasteiger partial charge in [0.15, 0.2) is 0 Å². The summed E-state index contributed by atoms with van der Waals surface area (Å²) in [5.74, 6) is 1.30. The number of hydrogen-bond donors (Lipinski definition) is 3. The maximum Gasteiger partial charge on any atom is 0.315 e. The summed E-state index contributed by atoms with van der Waals surface area (Å²) in [7, 11) is 0. The zero-order valence-electron chi connectivity index (χ0n) is 10.6. The fourth-order valence-corrected chi connectivity index (χ4v) is 2.29. The van der Waals surface area contributed by atoms with Gasteiger partial charge in [0.1, 0.15) is 0 Å². The van der Waals surface area contributed by atoms with E-state index in [0.717, 1.165) is 19.3 Å². The summed E-state index contributed by atoms with van der Waals surface area (Å²) in [6.07, 6.45) is 8.68. The summed E-state index contributed by atoms with van der Waals surface area (Å²) < 4.78 is 0. The van der Waals surface area contributed by atoms with Crippen LogP contribution in [0.25, 0.3) is 0 Å². The van der Waals surface area contributed by atoms with Crippen LogP contribution in [0.3, 0.4) is 0 Å². The second-order valence-electron chi connectivity index (χ2n) is 4.73. The molecule has 1 aliphatic carbocycles. The molecule has 0 heterocycles. The van der Waals surface area contributed by atoms with Crippen LogP contribution in [0.5, 0.6) is 0 Å². The van der Waals surface area contributed by atoms with E-state index in [1.54, 1.807) is 6.92 Å². The van der Waals surface area contributed by atoms with Crippen molar-refractivity contribution in [3.05, 3.63) is 0 Å². The van der Waals surface area contributed by atoms with Crippen molar-refractivity contribution >= 4 is 12.0 Å². The van der Waals surface area contributed by atoms with Crippen molar-refractivity contribution in [3.63, 3.8) is 0 Å². The molecule has 0 aliphatic heterocycles. The topological polar surface area (TPSA) is 78.4 Å². The van der Waals surface area contributed by atoms with Crippen LogP contribution in [0.1, 0.15) is 32.6 Å². The number of urea groups is 1. The van der Waals surface area contributed by atoms with Crippen LogP contribution in [-0.4, -0.2) is 29.7 Å². The molecule has 0 saturated heterocycles. The molecule has 0 aromatic rings. The van der Waals surface area contributed by atoms with E-state index in [4.69, 9.17) is 11.5 Å². The van der Waals surface area contributed by atoms with E-state index in [2.05, 4.69) is 16.6 Å². The van der Waals surface area contributed by atoms with Crippen LogP contribution in [-0.2, 0) is 4.79 Å². The third-order valence-corrected chi connectivity index (χ3v) is 3.35. The molecule has 1 fully saturated rings. The van der Waals surface area contributed by atoms with E-state index >= 15 is 0 Å². The number of carbonyl (C=O) groups is 2. The molecule has 1 aliphatic rings. The highest BCUT2D eigenvalue weighted by Crippen LogP contribution is 2.29. The highest BCUT2D eigenvalue weighted by Gasteiger charge is 2.30. The Balaban J connectivity index is 2.39. The quantitative estimate of drug-likeness (QED) is 0.658. The molecule has 0 bridgehead atoms. The molecule has 3 N–H and O–H groups in total. The number of hydrogen-bond acceptors (Lipinski definition) is 2. The van der Waals surface area contributed by atoms with Crippen LogP contribution in [0.15, 0.2) is 0 Å². The lowest BCUT2D eigenvalue weighted by Gasteiger charge is -2.28. The summed E-state index contributed by atoms with van der Waals surface area (Å²) in [5, 5.41) is 14.4. The minimum atomic E-state index is -0.765. The molecule has 0 aromatic heterocycles. The molecule has 1 saturated carbocycles. The van der Waals surface area contributed by atoms with Crippen LogP contribution >= 0.6 is 0 Å². The van der Waals surface area contributed by atoms with Gasteiger partial charge >= 0.3 is 12.0 Å². The summed E-state index contributed by atoms with van der Waals surface area (Å²) in [4.78, 5) is 22.5. The monoisotopic (exact) mass is 252 g/mol. The number of carboxylic acid groups (broad SMARTS) is 1. The first-order valence-electron chi connectivity index (χ1n) is 6.28. The Bertz CT molecular complexity index is 349. The van der Waals surface area contributed by atoms with Crippen molar-refractivity contribution in [1.82, 2.24) is 10.6 Å². The normalized spacial score (nSPS) is 24.7. The van der Waals surface area contributed by atoms with Gasteiger partial charge in [-0.15, -0.1) is 6.42 Å². The van der Waals surface area contributed by atoms with Crippen molar-refractivity contribution in [2.45, 2.75) is 38.6 Å². The number of carbonyl (C=O) groups excluding carboxylic acids is 1. The van der Waals surface area contributed by atoms with E-state index in [9.17, 15) is 9.59 Å². The van der Waals surface area contributed by atoms with Gasteiger partial charge in [-0.3, -0.25) is 4.79 Å². The van der Waals surface area contributed by atoms with Gasteiger partial charge in [0.05, 0.1) is 12.0 Å². The largest absolute Gasteiger partial charge is 0.481 e. The second kappa shape index (κ2) is 6.90. The number of terminal acetylenes is 1. The van der Waals surface area contributed by atoms with Crippen LogP contribution in [0, 0.1) is 24.2 Å². The third-order valence-electron chi connectivity index (χ3n) is 3.35. The molecule has 3 atom stereocenters. The average molecular weight is 252 g/mol. The molecular formula is C13H20N2O3. The Hall–Kier alpha value is -1.70. The van der Waals surface area contributed by atoms with Crippen molar-refractivity contribution in [1.29, 1.82) is 0 Å². The molecule has 5 nitrogen and oxygen atoms in total. The first-order chi connectivity index (χ1) is 8.54. The number of rotatable bonds is 4. The molecule has 1 rings (SSSR count). The molecule has 0 aromatic carbocycles. The molecule has 100 valence electrons. The van der Waals surface area contributed by atoms with Crippen molar-refractivity contribution in [3.8, 4) is 12.3 Å². The number of amides is 2. The number of carboxylic acids is 1. The maximum atomic E-state index is 11.5. The predicted molar refractivity (Wildman–Crippen MR) is 67.9 cm³/mol. The Morgan fingerprint density at radius 1 is 1.44 bits per heavy atom. The highest BCUT2D eigenvalue weighted by molar-refractivity contribution is 5.75. The van der Waals surface area contributed by atoms with E-state index in [1.807, 2.05) is 0 Å². The molecule has 3 unspecified atom stereocenters. The fourth-order valence-electron chi connectivity index (χ4n) is 2.29. The first kappa shape index (κ1) is 14.4. The molecule has 5 heteroatoms. The first-order valence-corrected chi connectivity index (χ1v) is 6.28.